The van der Waals surface area contributed by atoms with Crippen LogP contribution >= 0.6 is 15.9 Å². The van der Waals surface area contributed by atoms with Gasteiger partial charge in [0.2, 0.25) is 0 Å². The number of carbonyl (C=O) groups is 1. The van der Waals surface area contributed by atoms with E-state index in [9.17, 15) is 4.79 Å². The summed E-state index contributed by atoms with van der Waals surface area (Å²) in [5.74, 6) is 0.957. The predicted octanol–water partition coefficient (Wildman–Crippen LogP) is 5.51. The van der Waals surface area contributed by atoms with Gasteiger partial charge in [0.05, 0.1) is 16.8 Å². The van der Waals surface area contributed by atoms with E-state index in [4.69, 9.17) is 0 Å². The van der Waals surface area contributed by atoms with Gasteiger partial charge in [-0.25, -0.2) is 0 Å². The zero-order chi connectivity index (χ0) is 19.4. The highest BCUT2D eigenvalue weighted by Gasteiger charge is 2.24. The minimum absolute atomic E-state index is 0.177. The van der Waals surface area contributed by atoms with Gasteiger partial charge in [-0.2, -0.15) is 0 Å². The topological polar surface area (TPSA) is 45.2 Å². The molecule has 1 fully saturated rings. The fourth-order valence-corrected chi connectivity index (χ4v) is 4.46. The van der Waals surface area contributed by atoms with Gasteiger partial charge in [-0.05, 0) is 70.3 Å². The molecule has 1 aliphatic carbocycles. The van der Waals surface area contributed by atoms with E-state index in [0.717, 1.165) is 58.4 Å². The van der Waals surface area contributed by atoms with Gasteiger partial charge in [0.25, 0.3) is 0 Å². The van der Waals surface area contributed by atoms with Crippen molar-refractivity contribution in [3.8, 4) is 0 Å². The predicted molar refractivity (Wildman–Crippen MR) is 117 cm³/mol. The average Bonchev–Trinajstić information content (AvgIpc) is 2.63. The average molecular weight is 432 g/mol. The molecule has 27 heavy (non-hydrogen) atoms. The summed E-state index contributed by atoms with van der Waals surface area (Å²) in [5, 5.41) is 4.77. The van der Waals surface area contributed by atoms with Crippen molar-refractivity contribution in [1.29, 1.82) is 0 Å². The lowest BCUT2D eigenvalue weighted by Crippen LogP contribution is -2.31. The van der Waals surface area contributed by atoms with E-state index in [-0.39, 0.29) is 5.78 Å². The van der Waals surface area contributed by atoms with Gasteiger partial charge in [0, 0.05) is 35.1 Å². The Kier molecular flexibility index (Phi) is 6.88. The first kappa shape index (κ1) is 20.3. The van der Waals surface area contributed by atoms with Crippen LogP contribution in [0.1, 0.15) is 55.8 Å². The van der Waals surface area contributed by atoms with Crippen LogP contribution in [-0.2, 0) is 0 Å². The smallest absolute Gasteiger partial charge is 0.166 e. The summed E-state index contributed by atoms with van der Waals surface area (Å²) in [6.07, 6.45) is 7.95. The van der Waals surface area contributed by atoms with Crippen LogP contribution < -0.4 is 5.32 Å². The van der Waals surface area contributed by atoms with Crippen LogP contribution in [0.3, 0.4) is 0 Å². The van der Waals surface area contributed by atoms with Crippen molar-refractivity contribution in [2.75, 3.05) is 26.0 Å². The Balaban J connectivity index is 1.86. The Labute approximate surface area is 170 Å². The van der Waals surface area contributed by atoms with Crippen molar-refractivity contribution < 1.29 is 4.79 Å². The summed E-state index contributed by atoms with van der Waals surface area (Å²) in [6, 6.07) is 6.50. The van der Waals surface area contributed by atoms with Crippen LogP contribution in [0.5, 0.6) is 0 Å². The van der Waals surface area contributed by atoms with E-state index < -0.39 is 0 Å². The number of aromatic nitrogens is 1. The molecule has 0 spiro atoms. The maximum absolute atomic E-state index is 12.7. The van der Waals surface area contributed by atoms with Crippen molar-refractivity contribution in [3.63, 3.8) is 0 Å². The molecular formula is C22H30BrN3O. The molecule has 1 saturated carbocycles. The number of nitrogens with zero attached hydrogens (tertiary/aromatic N) is 2. The third-order valence-corrected chi connectivity index (χ3v) is 5.92. The highest BCUT2D eigenvalue weighted by Crippen LogP contribution is 2.33. The first-order valence-corrected chi connectivity index (χ1v) is 10.8. The zero-order valence-electron chi connectivity index (χ0n) is 16.6. The summed E-state index contributed by atoms with van der Waals surface area (Å²) in [5.41, 5.74) is 2.63. The minimum atomic E-state index is 0.177. The number of fused-ring (bicyclic) bond motifs is 1. The van der Waals surface area contributed by atoms with Crippen LogP contribution in [0.15, 0.2) is 28.9 Å². The third-order valence-electron chi connectivity index (χ3n) is 5.43. The van der Waals surface area contributed by atoms with Crippen LogP contribution in [-0.4, -0.2) is 42.3 Å². The number of hydrogen-bond acceptors (Lipinski definition) is 4. The third kappa shape index (κ3) is 5.08. The van der Waals surface area contributed by atoms with E-state index in [2.05, 4.69) is 51.3 Å². The van der Waals surface area contributed by atoms with Crippen molar-refractivity contribution in [2.45, 2.75) is 51.5 Å². The van der Waals surface area contributed by atoms with Crippen LogP contribution in [0.25, 0.3) is 10.9 Å². The van der Waals surface area contributed by atoms with Gasteiger partial charge in [-0.1, -0.05) is 22.9 Å². The number of Topliss-reactive ketones (excluding diaryl/α,β-unsaturated/α-hetero) is 1. The molecule has 0 unspecified atom stereocenters. The van der Waals surface area contributed by atoms with Crippen molar-refractivity contribution in [2.24, 2.45) is 5.92 Å². The number of nitrogens with one attached hydrogen (secondary N) is 1. The molecule has 3 rings (SSSR count). The maximum atomic E-state index is 12.7. The van der Waals surface area contributed by atoms with Gasteiger partial charge in [-0.3, -0.25) is 9.78 Å². The molecule has 1 aliphatic rings. The molecule has 1 heterocycles. The Bertz CT molecular complexity index is 797. The zero-order valence-corrected chi connectivity index (χ0v) is 18.2. The summed E-state index contributed by atoms with van der Waals surface area (Å²) >= 11 is 3.57. The van der Waals surface area contributed by atoms with Crippen LogP contribution in [0.2, 0.25) is 0 Å². The second-order valence-electron chi connectivity index (χ2n) is 8.01. The molecule has 5 heteroatoms. The van der Waals surface area contributed by atoms with E-state index in [0.29, 0.717) is 12.5 Å². The number of pyridine rings is 1. The SMILES string of the molecule is CCCC(=O)c1cnc2ccc(Br)cc2c1NC1CCC(CN(C)C)CC1. The maximum Gasteiger partial charge on any atom is 0.166 e. The Morgan fingerprint density at radius 3 is 2.67 bits per heavy atom. The molecular weight excluding hydrogens is 402 g/mol. The largest absolute Gasteiger partial charge is 0.381 e. The van der Waals surface area contributed by atoms with Gasteiger partial charge in [-0.15, -0.1) is 0 Å². The van der Waals surface area contributed by atoms with E-state index >= 15 is 0 Å². The highest BCUT2D eigenvalue weighted by atomic mass is 79.9. The molecule has 1 aromatic heterocycles. The second kappa shape index (κ2) is 9.16. The van der Waals surface area contributed by atoms with Crippen LogP contribution in [0.4, 0.5) is 5.69 Å². The Morgan fingerprint density at radius 1 is 1.26 bits per heavy atom. The normalized spacial score (nSPS) is 20.2. The summed E-state index contributed by atoms with van der Waals surface area (Å²) in [7, 11) is 4.30. The lowest BCUT2D eigenvalue weighted by Gasteiger charge is -2.32. The monoisotopic (exact) mass is 431 g/mol. The molecule has 146 valence electrons. The number of rotatable bonds is 7. The lowest BCUT2D eigenvalue weighted by molar-refractivity contribution is 0.0982. The Hall–Kier alpha value is -1.46. The molecule has 0 aliphatic heterocycles. The number of anilines is 1. The molecule has 2 aromatic rings. The fourth-order valence-electron chi connectivity index (χ4n) is 4.10. The van der Waals surface area contributed by atoms with Crippen molar-refractivity contribution in [1.82, 2.24) is 9.88 Å². The molecule has 0 radical (unpaired) electrons. The van der Waals surface area contributed by atoms with Crippen molar-refractivity contribution >= 4 is 38.3 Å². The number of ketones is 1. The first-order valence-electron chi connectivity index (χ1n) is 10.0. The minimum Gasteiger partial charge on any atom is -0.381 e. The molecule has 0 saturated heterocycles. The van der Waals surface area contributed by atoms with E-state index in [1.165, 1.54) is 12.8 Å². The highest BCUT2D eigenvalue weighted by molar-refractivity contribution is 9.10. The molecule has 0 atom stereocenters. The van der Waals surface area contributed by atoms with Crippen LogP contribution in [0, 0.1) is 5.92 Å². The number of hydrogen-bond donors (Lipinski definition) is 1. The van der Waals surface area contributed by atoms with E-state index in [1.54, 1.807) is 6.20 Å². The molecule has 0 amide bonds. The van der Waals surface area contributed by atoms with Gasteiger partial charge >= 0.3 is 0 Å². The van der Waals surface area contributed by atoms with E-state index in [1.807, 2.05) is 19.1 Å². The summed E-state index contributed by atoms with van der Waals surface area (Å²) < 4.78 is 1.01. The van der Waals surface area contributed by atoms with Gasteiger partial charge in [0.1, 0.15) is 0 Å². The fraction of sp³-hybridized carbons (Fsp3) is 0.545. The molecule has 1 N–H and O–H groups in total. The molecule has 1 aromatic carbocycles. The summed E-state index contributed by atoms with van der Waals surface area (Å²) in [4.78, 5) is 19.5. The lowest BCUT2D eigenvalue weighted by atomic mass is 9.85. The number of benzene rings is 1. The number of carbonyl (C=O) groups excluding carboxylic acids is 1. The quantitative estimate of drug-likeness (QED) is 0.586. The molecule has 0 bridgehead atoms. The first-order chi connectivity index (χ1) is 13.0. The molecule has 4 nitrogen and oxygen atoms in total. The standard InChI is InChI=1S/C22H30BrN3O/c1-4-5-21(27)19-13-24-20-11-8-16(23)12-18(20)22(19)25-17-9-6-15(7-10-17)14-26(2)3/h8,11-13,15,17H,4-7,9-10,14H2,1-3H3,(H,24,25). The Morgan fingerprint density at radius 2 is 2.00 bits per heavy atom. The second-order valence-corrected chi connectivity index (χ2v) is 8.92. The van der Waals surface area contributed by atoms with Crippen molar-refractivity contribution in [3.05, 3.63) is 34.4 Å². The van der Waals surface area contributed by atoms with Gasteiger partial charge < -0.3 is 10.2 Å². The van der Waals surface area contributed by atoms with Gasteiger partial charge in [0.15, 0.2) is 5.78 Å². The number of halogens is 1. The summed E-state index contributed by atoms with van der Waals surface area (Å²) in [6.45, 7) is 3.21.